The number of nitrogens with zero attached hydrogens (tertiary/aromatic N) is 6. The molecule has 3 heterocycles. The van der Waals surface area contributed by atoms with Gasteiger partial charge in [0.1, 0.15) is 12.3 Å². The van der Waals surface area contributed by atoms with Crippen LogP contribution in [0.5, 0.6) is 0 Å². The van der Waals surface area contributed by atoms with E-state index in [0.29, 0.717) is 43.9 Å². The average molecular weight is 747 g/mol. The van der Waals surface area contributed by atoms with E-state index in [1.807, 2.05) is 41.5 Å². The fraction of sp³-hybridized carbons (Fsp3) is 0.694. The highest BCUT2D eigenvalue weighted by Gasteiger charge is 2.50. The van der Waals surface area contributed by atoms with Crippen LogP contribution in [0.4, 0.5) is 10.5 Å². The van der Waals surface area contributed by atoms with Crippen molar-refractivity contribution in [2.75, 3.05) is 44.5 Å². The number of ether oxygens (including phenoxy) is 2. The van der Waals surface area contributed by atoms with Crippen molar-refractivity contribution in [1.82, 2.24) is 23.9 Å². The molecule has 2 amide bonds. The van der Waals surface area contributed by atoms with Crippen LogP contribution in [0, 0.1) is 0 Å². The summed E-state index contributed by atoms with van der Waals surface area (Å²) in [6.07, 6.45) is 4.57. The number of fused-ring (bicyclic) bond motifs is 1. The molecule has 3 fully saturated rings. The quantitative estimate of drug-likeness (QED) is 0.137. The molecular weight excluding hydrogens is 689 g/mol. The second kappa shape index (κ2) is 14.4. The summed E-state index contributed by atoms with van der Waals surface area (Å²) in [7, 11) is -5.43. The Hall–Kier alpha value is -2.98. The van der Waals surface area contributed by atoms with Crippen molar-refractivity contribution < 1.29 is 32.6 Å². The molecule has 1 aliphatic carbocycles. The number of aromatic nitrogens is 2. The number of likely N-dealkylation sites (tertiary alicyclic amines) is 1. The van der Waals surface area contributed by atoms with Crippen LogP contribution < -0.4 is 4.90 Å². The van der Waals surface area contributed by atoms with Crippen molar-refractivity contribution in [2.45, 2.75) is 127 Å². The van der Waals surface area contributed by atoms with E-state index in [-0.39, 0.29) is 48.4 Å². The number of aliphatic hydroxyl groups excluding tert-OH is 1. The molecule has 2 aromatic rings. The minimum Gasteiger partial charge on any atom is -0.444 e. The van der Waals surface area contributed by atoms with E-state index in [4.69, 9.17) is 14.6 Å². The van der Waals surface area contributed by atoms with Gasteiger partial charge in [0.15, 0.2) is 0 Å². The van der Waals surface area contributed by atoms with Crippen LogP contribution in [0.15, 0.2) is 35.9 Å². The third-order valence-electron chi connectivity index (χ3n) is 10.3. The minimum atomic E-state index is -4.05. The number of carbonyl (C=O) groups is 2. The SMILES string of the molecule is C=CC(=O)N1C[C@H](n2ncc3c(N4C[C@H](C)N(C(=O)OC(C)(C)C)[C@@H](C)C4)cc(S(=O)(=O)N(COCC[Si](C)(C)C)C4(C)CC4)cc32)C[C@H]1CO. The molecule has 0 unspecified atom stereocenters. The molecule has 284 valence electrons. The molecule has 2 aliphatic heterocycles. The lowest BCUT2D eigenvalue weighted by Crippen LogP contribution is -2.59. The summed E-state index contributed by atoms with van der Waals surface area (Å²) in [6, 6.07) is 3.21. The molecule has 1 N–H and O–H groups in total. The fourth-order valence-corrected chi connectivity index (χ4v) is 9.73. The highest BCUT2D eigenvalue weighted by atomic mass is 32.2. The Morgan fingerprint density at radius 3 is 2.33 bits per heavy atom. The summed E-state index contributed by atoms with van der Waals surface area (Å²) in [4.78, 5) is 31.6. The second-order valence-electron chi connectivity index (χ2n) is 17.1. The van der Waals surface area contributed by atoms with Gasteiger partial charge < -0.3 is 24.4 Å². The van der Waals surface area contributed by atoms with Crippen LogP contribution >= 0.6 is 0 Å². The topological polar surface area (TPSA) is 138 Å². The third-order valence-corrected chi connectivity index (χ3v) is 14.0. The summed E-state index contributed by atoms with van der Waals surface area (Å²) in [5.41, 5.74) is 0.147. The summed E-state index contributed by atoms with van der Waals surface area (Å²) in [5.74, 6) is -0.273. The molecule has 13 nitrogen and oxygen atoms in total. The number of rotatable bonds is 12. The van der Waals surface area contributed by atoms with Gasteiger partial charge in [-0.2, -0.15) is 9.40 Å². The average Bonchev–Trinajstić information content (AvgIpc) is 3.40. The Morgan fingerprint density at radius 2 is 1.78 bits per heavy atom. The molecule has 15 heteroatoms. The number of piperazine rings is 1. The Bertz CT molecular complexity index is 1720. The summed E-state index contributed by atoms with van der Waals surface area (Å²) < 4.78 is 44.7. The lowest BCUT2D eigenvalue weighted by Gasteiger charge is -2.45. The van der Waals surface area contributed by atoms with E-state index in [1.165, 1.54) is 10.4 Å². The zero-order valence-electron chi connectivity index (χ0n) is 31.9. The number of anilines is 1. The maximum atomic E-state index is 14.8. The van der Waals surface area contributed by atoms with E-state index in [0.717, 1.165) is 24.3 Å². The largest absolute Gasteiger partial charge is 0.444 e. The van der Waals surface area contributed by atoms with Gasteiger partial charge in [-0.25, -0.2) is 13.2 Å². The van der Waals surface area contributed by atoms with Gasteiger partial charge in [0.2, 0.25) is 15.9 Å². The molecule has 51 heavy (non-hydrogen) atoms. The van der Waals surface area contributed by atoms with Crippen LogP contribution in [-0.4, -0.2) is 126 Å². The number of hydrogen-bond acceptors (Lipinski definition) is 9. The van der Waals surface area contributed by atoms with E-state index < -0.39 is 35.3 Å². The standard InChI is InChI=1S/C36H58N6O7SSi/c1-11-33(44)39-22-27(16-28(39)23-43)42-32-18-29(50(46,47)40(36(7)12-13-36)24-48-14-15-51(8,9)10)17-31(30(32)19-37-42)38-20-25(2)41(26(3)21-38)34(45)49-35(4,5)6/h11,17-19,25-28,43H,1,12-16,20-24H2,2-10H3/t25-,26-,27+,28-/m0/s1. The van der Waals surface area contributed by atoms with Crippen LogP contribution in [0.25, 0.3) is 10.9 Å². The number of carbonyl (C=O) groups excluding carboxylic acids is 2. The number of amides is 2. The Kier molecular flexibility index (Phi) is 11.1. The highest BCUT2D eigenvalue weighted by molar-refractivity contribution is 7.89. The Labute approximate surface area is 304 Å². The van der Waals surface area contributed by atoms with Gasteiger partial charge in [-0.05, 0) is 85.1 Å². The molecule has 0 bridgehead atoms. The number of benzene rings is 1. The Balaban J connectivity index is 1.57. The molecule has 1 aromatic heterocycles. The van der Waals surface area contributed by atoms with Crippen molar-refractivity contribution in [1.29, 1.82) is 0 Å². The smallest absolute Gasteiger partial charge is 0.410 e. The third kappa shape index (κ3) is 8.48. The first kappa shape index (κ1) is 39.2. The van der Waals surface area contributed by atoms with Gasteiger partial charge >= 0.3 is 6.09 Å². The molecule has 3 aliphatic rings. The lowest BCUT2D eigenvalue weighted by atomic mass is 10.1. The van der Waals surface area contributed by atoms with E-state index in [2.05, 4.69) is 31.1 Å². The first-order valence-corrected chi connectivity index (χ1v) is 23.3. The van der Waals surface area contributed by atoms with Gasteiger partial charge in [-0.15, -0.1) is 0 Å². The predicted octanol–water partition coefficient (Wildman–Crippen LogP) is 5.05. The molecule has 4 atom stereocenters. The van der Waals surface area contributed by atoms with E-state index in [9.17, 15) is 23.1 Å². The van der Waals surface area contributed by atoms with Crippen LogP contribution in [0.1, 0.15) is 66.8 Å². The van der Waals surface area contributed by atoms with Crippen molar-refractivity contribution in [3.63, 3.8) is 0 Å². The van der Waals surface area contributed by atoms with E-state index in [1.54, 1.807) is 32.8 Å². The van der Waals surface area contributed by atoms with Gasteiger partial charge in [-0.1, -0.05) is 26.2 Å². The van der Waals surface area contributed by atoms with Crippen molar-refractivity contribution >= 4 is 46.7 Å². The van der Waals surface area contributed by atoms with Gasteiger partial charge in [0.05, 0.1) is 47.4 Å². The highest BCUT2D eigenvalue weighted by Crippen LogP contribution is 2.45. The van der Waals surface area contributed by atoms with Gasteiger partial charge in [0, 0.05) is 50.9 Å². The maximum Gasteiger partial charge on any atom is 0.410 e. The first-order valence-electron chi connectivity index (χ1n) is 18.1. The van der Waals surface area contributed by atoms with Crippen molar-refractivity contribution in [2.24, 2.45) is 0 Å². The number of sulfonamides is 1. The molecule has 0 radical (unpaired) electrons. The van der Waals surface area contributed by atoms with Gasteiger partial charge in [-0.3, -0.25) is 14.4 Å². The van der Waals surface area contributed by atoms with Crippen molar-refractivity contribution in [3.05, 3.63) is 31.0 Å². The monoisotopic (exact) mass is 746 g/mol. The zero-order valence-corrected chi connectivity index (χ0v) is 33.7. The molecule has 1 aromatic carbocycles. The van der Waals surface area contributed by atoms with E-state index >= 15 is 0 Å². The maximum absolute atomic E-state index is 14.8. The first-order chi connectivity index (χ1) is 23.7. The van der Waals surface area contributed by atoms with Crippen LogP contribution in [-0.2, 0) is 24.3 Å². The molecule has 1 saturated carbocycles. The fourth-order valence-electron chi connectivity index (χ4n) is 7.23. The molecule has 5 rings (SSSR count). The number of aliphatic hydroxyl groups is 1. The number of hydrogen-bond donors (Lipinski definition) is 1. The normalized spacial score (nSPS) is 24.0. The molecular formula is C36H58N6O7SSi. The van der Waals surface area contributed by atoms with Crippen LogP contribution in [0.2, 0.25) is 25.7 Å². The zero-order chi connectivity index (χ0) is 37.7. The van der Waals surface area contributed by atoms with Gasteiger partial charge in [0.25, 0.3) is 0 Å². The molecule has 0 spiro atoms. The predicted molar refractivity (Wildman–Crippen MR) is 201 cm³/mol. The summed E-state index contributed by atoms with van der Waals surface area (Å²) >= 11 is 0. The van der Waals surface area contributed by atoms with Crippen molar-refractivity contribution in [3.8, 4) is 0 Å². The molecule has 2 saturated heterocycles. The van der Waals surface area contributed by atoms with Crippen LogP contribution in [0.3, 0.4) is 0 Å². The minimum absolute atomic E-state index is 0.0298. The second-order valence-corrected chi connectivity index (χ2v) is 24.6. The lowest BCUT2D eigenvalue weighted by molar-refractivity contribution is -0.127. The summed E-state index contributed by atoms with van der Waals surface area (Å²) in [5, 5.41) is 15.7. The Morgan fingerprint density at radius 1 is 1.14 bits per heavy atom. The summed E-state index contributed by atoms with van der Waals surface area (Å²) in [6.45, 7) is 23.3.